The van der Waals surface area contributed by atoms with Crippen LogP contribution in [0.15, 0.2) is 57.8 Å². The van der Waals surface area contributed by atoms with E-state index >= 15 is 0 Å². The Kier molecular flexibility index (Phi) is 3.53. The van der Waals surface area contributed by atoms with Gasteiger partial charge in [0.15, 0.2) is 11.5 Å². The molecule has 0 fully saturated rings. The van der Waals surface area contributed by atoms with E-state index in [-0.39, 0.29) is 11.3 Å². The first-order chi connectivity index (χ1) is 10.1. The first-order valence-electron chi connectivity index (χ1n) is 6.23. The molecule has 104 valence electrons. The largest absolute Gasteiger partial charge is 0.398 e. The van der Waals surface area contributed by atoms with Crippen LogP contribution in [-0.4, -0.2) is 15.2 Å². The number of aromatic amines is 1. The zero-order chi connectivity index (χ0) is 14.8. The highest BCUT2D eigenvalue weighted by Crippen LogP contribution is 2.25. The predicted molar refractivity (Wildman–Crippen MR) is 85.6 cm³/mol. The van der Waals surface area contributed by atoms with Crippen molar-refractivity contribution in [2.24, 2.45) is 0 Å². The van der Waals surface area contributed by atoms with Gasteiger partial charge in [0, 0.05) is 21.3 Å². The summed E-state index contributed by atoms with van der Waals surface area (Å²) in [6.07, 6.45) is 0. The van der Waals surface area contributed by atoms with Gasteiger partial charge in [-0.15, -0.1) is 10.2 Å². The molecular formula is C15H11BrN4O. The van der Waals surface area contributed by atoms with Crippen LogP contribution in [0.1, 0.15) is 0 Å². The van der Waals surface area contributed by atoms with E-state index in [0.29, 0.717) is 17.1 Å². The summed E-state index contributed by atoms with van der Waals surface area (Å²) in [5.74, 6) is 0.346. The molecule has 0 aliphatic rings. The number of benzene rings is 2. The number of nitrogens with zero attached hydrogens (tertiary/aromatic N) is 2. The van der Waals surface area contributed by atoms with Gasteiger partial charge in [0.1, 0.15) is 0 Å². The number of hydrogen-bond acceptors (Lipinski definition) is 4. The summed E-state index contributed by atoms with van der Waals surface area (Å²) in [6.45, 7) is 0. The zero-order valence-corrected chi connectivity index (χ0v) is 12.5. The second-order valence-electron chi connectivity index (χ2n) is 4.45. The molecule has 0 radical (unpaired) electrons. The van der Waals surface area contributed by atoms with Gasteiger partial charge < -0.3 is 10.7 Å². The summed E-state index contributed by atoms with van der Waals surface area (Å²) in [5, 5.41) is 8.11. The van der Waals surface area contributed by atoms with Gasteiger partial charge in [0.25, 0.3) is 5.56 Å². The van der Waals surface area contributed by atoms with E-state index in [1.165, 1.54) is 0 Å². The molecule has 0 amide bonds. The Hall–Kier alpha value is -2.47. The summed E-state index contributed by atoms with van der Waals surface area (Å²) in [7, 11) is 0. The van der Waals surface area contributed by atoms with E-state index < -0.39 is 0 Å². The molecule has 0 saturated heterocycles. The van der Waals surface area contributed by atoms with Crippen molar-refractivity contribution in [2.45, 2.75) is 0 Å². The lowest BCUT2D eigenvalue weighted by Crippen LogP contribution is -2.14. The van der Waals surface area contributed by atoms with E-state index in [0.717, 1.165) is 10.0 Å². The molecule has 3 N–H and O–H groups in total. The van der Waals surface area contributed by atoms with Gasteiger partial charge in [-0.05, 0) is 18.2 Å². The molecule has 3 rings (SSSR count). The number of nitrogens with one attached hydrogen (secondary N) is 1. The Morgan fingerprint density at radius 1 is 1.05 bits per heavy atom. The molecule has 0 saturated carbocycles. The van der Waals surface area contributed by atoms with E-state index in [1.54, 1.807) is 12.1 Å². The number of nitrogens with two attached hydrogens (primary N) is 1. The number of nitrogen functional groups attached to an aromatic ring is 1. The highest BCUT2D eigenvalue weighted by Gasteiger charge is 2.10. The highest BCUT2D eigenvalue weighted by atomic mass is 79.9. The number of halogens is 1. The summed E-state index contributed by atoms with van der Waals surface area (Å²) in [5.41, 5.74) is 7.77. The molecule has 0 unspecified atom stereocenters. The SMILES string of the molecule is Nc1ccc(Br)cc1-c1nnc(-c2ccccc2)c(=O)[nH]1. The minimum absolute atomic E-state index is 0.285. The Labute approximate surface area is 129 Å². The van der Waals surface area contributed by atoms with Crippen molar-refractivity contribution in [3.05, 3.63) is 63.4 Å². The number of anilines is 1. The number of H-pyrrole nitrogens is 1. The van der Waals surface area contributed by atoms with E-state index in [4.69, 9.17) is 5.73 Å². The Balaban J connectivity index is 2.10. The molecule has 0 atom stereocenters. The van der Waals surface area contributed by atoms with Crippen LogP contribution in [0.25, 0.3) is 22.6 Å². The van der Waals surface area contributed by atoms with Crippen LogP contribution in [-0.2, 0) is 0 Å². The predicted octanol–water partition coefficient (Wildman–Crippen LogP) is 2.84. The van der Waals surface area contributed by atoms with Gasteiger partial charge in [0.2, 0.25) is 0 Å². The molecule has 6 heteroatoms. The van der Waals surface area contributed by atoms with Crippen molar-refractivity contribution in [3.63, 3.8) is 0 Å². The smallest absolute Gasteiger partial charge is 0.278 e. The molecule has 0 aliphatic heterocycles. The molecule has 1 heterocycles. The van der Waals surface area contributed by atoms with Crippen LogP contribution in [0.4, 0.5) is 5.69 Å². The second kappa shape index (κ2) is 5.49. The van der Waals surface area contributed by atoms with Gasteiger partial charge in [-0.25, -0.2) is 0 Å². The maximum atomic E-state index is 12.2. The number of rotatable bonds is 2. The third kappa shape index (κ3) is 2.71. The van der Waals surface area contributed by atoms with E-state index in [2.05, 4.69) is 31.1 Å². The molecule has 1 aromatic heterocycles. The molecule has 5 nitrogen and oxygen atoms in total. The Morgan fingerprint density at radius 2 is 1.81 bits per heavy atom. The minimum Gasteiger partial charge on any atom is -0.398 e. The van der Waals surface area contributed by atoms with Gasteiger partial charge in [-0.1, -0.05) is 46.3 Å². The lowest BCUT2D eigenvalue weighted by atomic mass is 10.1. The standard InChI is InChI=1S/C15H11BrN4O/c16-10-6-7-12(17)11(8-10)14-18-15(21)13(19-20-14)9-4-2-1-3-5-9/h1-8H,17H2,(H,18,20,21). The Bertz CT molecular complexity index is 846. The van der Waals surface area contributed by atoms with E-state index in [9.17, 15) is 4.79 Å². The van der Waals surface area contributed by atoms with Gasteiger partial charge in [0.05, 0.1) is 0 Å². The van der Waals surface area contributed by atoms with Crippen LogP contribution in [0, 0.1) is 0 Å². The fraction of sp³-hybridized carbons (Fsp3) is 0. The lowest BCUT2D eigenvalue weighted by molar-refractivity contribution is 0.963. The number of hydrogen-bond donors (Lipinski definition) is 2. The summed E-state index contributed by atoms with van der Waals surface area (Å²) in [6, 6.07) is 14.5. The third-order valence-corrected chi connectivity index (χ3v) is 3.51. The first kappa shape index (κ1) is 13.5. The van der Waals surface area contributed by atoms with Crippen LogP contribution in [0.3, 0.4) is 0 Å². The van der Waals surface area contributed by atoms with Crippen LogP contribution in [0.2, 0.25) is 0 Å². The summed E-state index contributed by atoms with van der Waals surface area (Å²) < 4.78 is 0.849. The first-order valence-corrected chi connectivity index (χ1v) is 7.02. The third-order valence-electron chi connectivity index (χ3n) is 3.01. The van der Waals surface area contributed by atoms with Crippen molar-refractivity contribution in [3.8, 4) is 22.6 Å². The van der Waals surface area contributed by atoms with Crippen molar-refractivity contribution in [2.75, 3.05) is 5.73 Å². The number of aromatic nitrogens is 3. The van der Waals surface area contributed by atoms with Crippen molar-refractivity contribution in [1.82, 2.24) is 15.2 Å². The summed E-state index contributed by atoms with van der Waals surface area (Å²) >= 11 is 3.37. The average molecular weight is 343 g/mol. The van der Waals surface area contributed by atoms with Gasteiger partial charge >= 0.3 is 0 Å². The molecule has 0 spiro atoms. The maximum Gasteiger partial charge on any atom is 0.278 e. The normalized spacial score (nSPS) is 10.5. The lowest BCUT2D eigenvalue weighted by Gasteiger charge is -2.06. The molecule has 2 aromatic carbocycles. The topological polar surface area (TPSA) is 84.7 Å². The summed E-state index contributed by atoms with van der Waals surface area (Å²) in [4.78, 5) is 14.9. The van der Waals surface area contributed by atoms with Crippen LogP contribution >= 0.6 is 15.9 Å². The monoisotopic (exact) mass is 342 g/mol. The fourth-order valence-electron chi connectivity index (χ4n) is 1.98. The zero-order valence-electron chi connectivity index (χ0n) is 10.9. The highest BCUT2D eigenvalue weighted by molar-refractivity contribution is 9.10. The van der Waals surface area contributed by atoms with E-state index in [1.807, 2.05) is 36.4 Å². The fourth-order valence-corrected chi connectivity index (χ4v) is 2.34. The minimum atomic E-state index is -0.300. The maximum absolute atomic E-state index is 12.2. The average Bonchev–Trinajstić information content (AvgIpc) is 2.50. The molecule has 3 aromatic rings. The van der Waals surface area contributed by atoms with Crippen molar-refractivity contribution >= 4 is 21.6 Å². The van der Waals surface area contributed by atoms with Crippen molar-refractivity contribution < 1.29 is 0 Å². The molecule has 0 aliphatic carbocycles. The van der Waals surface area contributed by atoms with Crippen LogP contribution < -0.4 is 11.3 Å². The van der Waals surface area contributed by atoms with Gasteiger partial charge in [-0.2, -0.15) is 0 Å². The second-order valence-corrected chi connectivity index (χ2v) is 5.36. The quantitative estimate of drug-likeness (QED) is 0.701. The molecule has 0 bridgehead atoms. The Morgan fingerprint density at radius 3 is 2.52 bits per heavy atom. The van der Waals surface area contributed by atoms with Crippen LogP contribution in [0.5, 0.6) is 0 Å². The van der Waals surface area contributed by atoms with Crippen molar-refractivity contribution in [1.29, 1.82) is 0 Å². The molecule has 21 heavy (non-hydrogen) atoms. The van der Waals surface area contributed by atoms with Gasteiger partial charge in [-0.3, -0.25) is 4.79 Å². The molecular weight excluding hydrogens is 332 g/mol.